The van der Waals surface area contributed by atoms with Crippen molar-refractivity contribution >= 4 is 28.9 Å². The molecule has 1 aliphatic rings. The van der Waals surface area contributed by atoms with Gasteiger partial charge in [0.1, 0.15) is 0 Å². The van der Waals surface area contributed by atoms with Crippen LogP contribution in [0.15, 0.2) is 84.2 Å². The van der Waals surface area contributed by atoms with Crippen molar-refractivity contribution in [2.75, 3.05) is 18.0 Å². The fraction of sp³-hybridized carbons (Fsp3) is 0.333. The molecule has 2 aromatic rings. The second kappa shape index (κ2) is 10.7. The Kier molecular flexibility index (Phi) is 8.26. The molecule has 0 unspecified atom stereocenters. The highest BCUT2D eigenvalue weighted by Crippen LogP contribution is 2.48. The Bertz CT molecular complexity index is 1200. The van der Waals surface area contributed by atoms with Gasteiger partial charge in [-0.3, -0.25) is 0 Å². The van der Waals surface area contributed by atoms with Gasteiger partial charge in [-0.15, -0.1) is 0 Å². The van der Waals surface area contributed by atoms with Crippen molar-refractivity contribution in [1.29, 1.82) is 0 Å². The van der Waals surface area contributed by atoms with Crippen LogP contribution in [-0.4, -0.2) is 13.1 Å². The molecule has 35 heavy (non-hydrogen) atoms. The number of nitrogens with two attached hydrogens (primary N) is 2. The van der Waals surface area contributed by atoms with E-state index in [2.05, 4.69) is 64.3 Å². The Labute approximate surface area is 220 Å². The molecule has 2 aromatic carbocycles. The fourth-order valence-electron chi connectivity index (χ4n) is 4.71. The summed E-state index contributed by atoms with van der Waals surface area (Å²) in [6, 6.07) is 12.1. The summed E-state index contributed by atoms with van der Waals surface area (Å²) in [5, 5.41) is 1.47. The zero-order valence-corrected chi connectivity index (χ0v) is 23.0. The molecule has 0 saturated heterocycles. The van der Waals surface area contributed by atoms with E-state index in [4.69, 9.17) is 34.7 Å². The van der Waals surface area contributed by atoms with Crippen molar-refractivity contribution in [3.05, 3.63) is 111 Å². The predicted octanol–water partition coefficient (Wildman–Crippen LogP) is 7.56. The molecule has 186 valence electrons. The summed E-state index contributed by atoms with van der Waals surface area (Å²) in [6.07, 6.45) is 8.87. The summed E-state index contributed by atoms with van der Waals surface area (Å²) >= 11 is 12.6. The number of hydrogen-bond acceptors (Lipinski definition) is 3. The third-order valence-electron chi connectivity index (χ3n) is 7.03. The van der Waals surface area contributed by atoms with Crippen molar-refractivity contribution in [2.45, 2.75) is 51.9 Å². The van der Waals surface area contributed by atoms with Crippen LogP contribution in [0.2, 0.25) is 10.0 Å². The van der Waals surface area contributed by atoms with Gasteiger partial charge < -0.3 is 16.4 Å². The molecular weight excluding hydrogens is 473 g/mol. The highest BCUT2D eigenvalue weighted by Gasteiger charge is 2.39. The molecule has 0 amide bonds. The third-order valence-corrected chi connectivity index (χ3v) is 7.50. The lowest BCUT2D eigenvalue weighted by molar-refractivity contribution is 0.626. The number of anilines is 1. The zero-order chi connectivity index (χ0) is 26.0. The molecule has 0 aromatic heterocycles. The van der Waals surface area contributed by atoms with Crippen LogP contribution < -0.4 is 16.4 Å². The maximum Gasteiger partial charge on any atom is 0.0451 e. The van der Waals surface area contributed by atoms with Crippen LogP contribution >= 0.6 is 23.2 Å². The number of allylic oxidation sites excluding steroid dienone is 6. The average Bonchev–Trinajstić information content (AvgIpc) is 3.01. The van der Waals surface area contributed by atoms with Crippen molar-refractivity contribution in [2.24, 2.45) is 11.5 Å². The molecule has 0 aliphatic carbocycles. The first-order chi connectivity index (χ1) is 16.4. The van der Waals surface area contributed by atoms with Crippen LogP contribution in [0.5, 0.6) is 0 Å². The quantitative estimate of drug-likeness (QED) is 0.360. The summed E-state index contributed by atoms with van der Waals surface area (Å²) in [5.74, 6) is 0. The number of halogens is 2. The highest BCUT2D eigenvalue weighted by atomic mass is 35.5. The van der Waals surface area contributed by atoms with Gasteiger partial charge in [-0.1, -0.05) is 69.6 Å². The van der Waals surface area contributed by atoms with Gasteiger partial charge >= 0.3 is 0 Å². The molecule has 1 heterocycles. The van der Waals surface area contributed by atoms with Crippen LogP contribution in [0.1, 0.15) is 50.8 Å². The number of rotatable bonds is 8. The Morgan fingerprint density at radius 3 is 2.43 bits per heavy atom. The van der Waals surface area contributed by atoms with E-state index in [0.29, 0.717) is 12.2 Å². The van der Waals surface area contributed by atoms with Crippen LogP contribution in [0.4, 0.5) is 5.69 Å². The lowest BCUT2D eigenvalue weighted by Crippen LogP contribution is -2.28. The second-order valence-corrected chi connectivity index (χ2v) is 11.1. The van der Waals surface area contributed by atoms with Crippen LogP contribution in [0.3, 0.4) is 0 Å². The first-order valence-corrected chi connectivity index (χ1v) is 12.7. The van der Waals surface area contributed by atoms with E-state index in [1.54, 1.807) is 0 Å². The first kappa shape index (κ1) is 27.1. The van der Waals surface area contributed by atoms with Crippen molar-refractivity contribution in [3.63, 3.8) is 0 Å². The van der Waals surface area contributed by atoms with E-state index in [9.17, 15) is 0 Å². The molecular formula is C30H37Cl2N3. The predicted molar refractivity (Wildman–Crippen MR) is 153 cm³/mol. The van der Waals surface area contributed by atoms with Gasteiger partial charge in [0.05, 0.1) is 0 Å². The fourth-order valence-corrected chi connectivity index (χ4v) is 5.06. The normalized spacial score (nSPS) is 16.9. The van der Waals surface area contributed by atoms with E-state index in [1.807, 2.05) is 42.5 Å². The standard InChI is InChI=1S/C30H37Cl2N3/c1-20-8-10-22(31)18-25(20)29(3,4)21(2)9-12-24(34)13-15-28-30(5,6)26-19-23(32)11-14-27(26)35(28)17-7-16-33/h8-15,18-19H,2,7,16-17,33-34H2,1,3-6H3/b12-9+,24-13-,28-15+. The summed E-state index contributed by atoms with van der Waals surface area (Å²) in [5.41, 5.74) is 19.3. The Morgan fingerprint density at radius 1 is 1.09 bits per heavy atom. The lowest BCUT2D eigenvalue weighted by atomic mass is 9.76. The van der Waals surface area contributed by atoms with E-state index >= 15 is 0 Å². The smallest absolute Gasteiger partial charge is 0.0451 e. The third kappa shape index (κ3) is 5.69. The molecule has 0 atom stereocenters. The van der Waals surface area contributed by atoms with Crippen LogP contribution in [-0.2, 0) is 10.8 Å². The van der Waals surface area contributed by atoms with E-state index < -0.39 is 0 Å². The highest BCUT2D eigenvalue weighted by molar-refractivity contribution is 6.31. The molecule has 3 nitrogen and oxygen atoms in total. The van der Waals surface area contributed by atoms with Gasteiger partial charge in [-0.05, 0) is 90.7 Å². The van der Waals surface area contributed by atoms with Crippen molar-refractivity contribution < 1.29 is 0 Å². The van der Waals surface area contributed by atoms with Crippen LogP contribution in [0.25, 0.3) is 0 Å². The monoisotopic (exact) mass is 509 g/mol. The van der Waals surface area contributed by atoms with Crippen molar-refractivity contribution in [3.8, 4) is 0 Å². The number of nitrogens with zero attached hydrogens (tertiary/aromatic N) is 1. The minimum absolute atomic E-state index is 0.203. The molecule has 0 fully saturated rings. The molecule has 0 spiro atoms. The van der Waals surface area contributed by atoms with Gasteiger partial charge in [-0.25, -0.2) is 0 Å². The average molecular weight is 511 g/mol. The van der Waals surface area contributed by atoms with Gasteiger partial charge in [0.25, 0.3) is 0 Å². The Hall–Kier alpha value is -2.46. The Morgan fingerprint density at radius 2 is 1.74 bits per heavy atom. The van der Waals surface area contributed by atoms with Crippen molar-refractivity contribution in [1.82, 2.24) is 0 Å². The maximum atomic E-state index is 6.41. The van der Waals surface area contributed by atoms with Gasteiger partial charge in [-0.2, -0.15) is 0 Å². The summed E-state index contributed by atoms with van der Waals surface area (Å²) < 4.78 is 0. The molecule has 3 rings (SSSR count). The minimum Gasteiger partial charge on any atom is -0.399 e. The molecule has 1 aliphatic heterocycles. The topological polar surface area (TPSA) is 55.3 Å². The van der Waals surface area contributed by atoms with Crippen LogP contribution in [0, 0.1) is 6.92 Å². The zero-order valence-electron chi connectivity index (χ0n) is 21.5. The largest absolute Gasteiger partial charge is 0.399 e. The summed E-state index contributed by atoms with van der Waals surface area (Å²) in [4.78, 5) is 2.33. The lowest BCUT2D eigenvalue weighted by Gasteiger charge is -2.28. The van der Waals surface area contributed by atoms with E-state index in [-0.39, 0.29) is 10.8 Å². The number of hydrogen-bond donors (Lipinski definition) is 2. The van der Waals surface area contributed by atoms with Gasteiger partial charge in [0.2, 0.25) is 0 Å². The van der Waals surface area contributed by atoms with E-state index in [1.165, 1.54) is 22.5 Å². The first-order valence-electron chi connectivity index (χ1n) is 12.0. The molecule has 5 heteroatoms. The summed E-state index contributed by atoms with van der Waals surface area (Å²) in [6.45, 7) is 16.6. The maximum absolute atomic E-state index is 6.41. The molecule has 0 saturated carbocycles. The van der Waals surface area contributed by atoms with Gasteiger partial charge in [0, 0.05) is 44.5 Å². The molecule has 4 N–H and O–H groups in total. The number of aryl methyl sites for hydroxylation is 1. The SMILES string of the molecule is C=C(/C=C/C(N)=C/C=C1/N(CCCN)c2ccc(Cl)cc2C1(C)C)C(C)(C)c1cc(Cl)ccc1C. The Balaban J connectivity index is 1.88. The minimum atomic E-state index is -0.280. The molecule has 0 radical (unpaired) electrons. The van der Waals surface area contributed by atoms with E-state index in [0.717, 1.165) is 34.1 Å². The number of fused-ring (bicyclic) bond motifs is 1. The van der Waals surface area contributed by atoms with Gasteiger partial charge in [0.15, 0.2) is 0 Å². The second-order valence-electron chi connectivity index (χ2n) is 10.2. The summed E-state index contributed by atoms with van der Waals surface area (Å²) in [7, 11) is 0. The number of benzene rings is 2. The molecule has 0 bridgehead atoms.